The molecule has 0 saturated heterocycles. The number of para-hydroxylation sites is 3. The summed E-state index contributed by atoms with van der Waals surface area (Å²) in [5.74, 6) is 2.83. The Morgan fingerprint density at radius 2 is 0.859 bits per heavy atom. The van der Waals surface area contributed by atoms with Gasteiger partial charge in [0.1, 0.15) is 0 Å². The molecule has 0 amide bonds. The normalized spacial score (nSPS) is 15.2. The first-order chi connectivity index (χ1) is 35.0. The Balaban J connectivity index is 0.916. The average Bonchev–Trinajstić information content (AvgIpc) is 4.06. The van der Waals surface area contributed by atoms with Gasteiger partial charge in [0.15, 0.2) is 17.5 Å². The summed E-state index contributed by atoms with van der Waals surface area (Å²) >= 11 is 0. The van der Waals surface area contributed by atoms with Crippen LogP contribution in [0.2, 0.25) is 0 Å². The third-order valence-electron chi connectivity index (χ3n) is 14.8. The van der Waals surface area contributed by atoms with Crippen LogP contribution in [0.1, 0.15) is 36.4 Å². The molecule has 2 aliphatic carbocycles. The Labute approximate surface area is 412 Å². The van der Waals surface area contributed by atoms with Gasteiger partial charge in [-0.2, -0.15) is 0 Å². The van der Waals surface area contributed by atoms with Crippen LogP contribution in [0.4, 0.5) is 0 Å². The monoisotopic (exact) mass is 912 g/mol. The molecule has 8 aromatic carbocycles. The molecular formula is C65H48N6. The lowest BCUT2D eigenvalue weighted by Gasteiger charge is -2.16. The second-order valence-electron chi connectivity index (χ2n) is 19.4. The SMILES string of the molecule is CC1C=Cc2c(c3cc(-c4cccc5c6c(n(-c7ccc(-c8nc(-c9ccccc9)nc(-c9ccccc9)n8)cc7)c45)C=CC(C)C6)ccc3n2-c2ccc3c(c2)c2ccccc2n3-c2ccccc2)C1. The Hall–Kier alpha value is -8.87. The zero-order valence-corrected chi connectivity index (χ0v) is 39.5. The molecule has 14 rings (SSSR count). The Morgan fingerprint density at radius 1 is 0.366 bits per heavy atom. The van der Waals surface area contributed by atoms with Gasteiger partial charge in [-0.15, -0.1) is 0 Å². The summed E-state index contributed by atoms with van der Waals surface area (Å²) < 4.78 is 7.38. The molecule has 0 fully saturated rings. The number of hydrogen-bond acceptors (Lipinski definition) is 3. The van der Waals surface area contributed by atoms with Gasteiger partial charge < -0.3 is 13.7 Å². The van der Waals surface area contributed by atoms with Crippen LogP contribution in [0, 0.1) is 11.8 Å². The Bertz CT molecular complexity index is 4060. The maximum Gasteiger partial charge on any atom is 0.164 e. The van der Waals surface area contributed by atoms with Gasteiger partial charge in [-0.25, -0.2) is 15.0 Å². The number of rotatable bonds is 7. The average molecular weight is 913 g/mol. The molecule has 0 saturated carbocycles. The summed E-state index contributed by atoms with van der Waals surface area (Å²) in [6.07, 6.45) is 11.4. The lowest BCUT2D eigenvalue weighted by atomic mass is 9.91. The fourth-order valence-electron chi connectivity index (χ4n) is 11.5. The first kappa shape index (κ1) is 41.1. The van der Waals surface area contributed by atoms with E-state index in [1.165, 1.54) is 88.6 Å². The van der Waals surface area contributed by atoms with Crippen molar-refractivity contribution in [2.24, 2.45) is 11.8 Å². The number of fused-ring (bicyclic) bond motifs is 9. The lowest BCUT2D eigenvalue weighted by Crippen LogP contribution is -2.05. The number of hydrogen-bond donors (Lipinski definition) is 0. The fraction of sp³-hybridized carbons (Fsp3) is 0.0923. The maximum absolute atomic E-state index is 5.05. The number of benzene rings is 8. The Kier molecular flexibility index (Phi) is 9.49. The van der Waals surface area contributed by atoms with E-state index in [2.05, 4.69) is 210 Å². The zero-order chi connectivity index (χ0) is 47.2. The summed E-state index contributed by atoms with van der Waals surface area (Å²) in [6, 6.07) is 69.7. The molecule has 2 unspecified atom stereocenters. The highest BCUT2D eigenvalue weighted by atomic mass is 15.0. The van der Waals surface area contributed by atoms with Gasteiger partial charge in [-0.1, -0.05) is 147 Å². The van der Waals surface area contributed by atoms with Gasteiger partial charge >= 0.3 is 0 Å². The molecule has 2 atom stereocenters. The Morgan fingerprint density at radius 3 is 1.54 bits per heavy atom. The third-order valence-corrected chi connectivity index (χ3v) is 14.8. The van der Waals surface area contributed by atoms with Gasteiger partial charge in [0.25, 0.3) is 0 Å². The fourth-order valence-corrected chi connectivity index (χ4v) is 11.5. The van der Waals surface area contributed by atoms with Crippen LogP contribution in [-0.4, -0.2) is 28.7 Å². The maximum atomic E-state index is 5.05. The molecule has 2 aliphatic rings. The first-order valence-electron chi connectivity index (χ1n) is 24.8. The smallest absolute Gasteiger partial charge is 0.164 e. The molecule has 338 valence electrons. The zero-order valence-electron chi connectivity index (χ0n) is 39.5. The summed E-state index contributed by atoms with van der Waals surface area (Å²) in [6.45, 7) is 4.65. The highest BCUT2D eigenvalue weighted by Crippen LogP contribution is 2.44. The standard InChI is InChI=1S/C65H48N6/c1-41-26-34-61-53(37-41)52-23-14-22-50(62(52)71(61)48-30-27-45(28-31-48)65-67-63(43-15-6-3-7-16-43)66-64(68-65)44-17-8-4-9-18-44)46-29-35-59-55(39-46)54-38-42(2)25-33-58(54)70(59)49-32-36-60-56(40-49)51-21-12-13-24-57(51)69(60)47-19-10-5-11-20-47/h3-36,39-42H,37-38H2,1-2H3. The van der Waals surface area contributed by atoms with Crippen molar-refractivity contribution >= 4 is 55.8 Å². The number of aromatic nitrogens is 6. The lowest BCUT2D eigenvalue weighted by molar-refractivity contribution is 0.717. The minimum absolute atomic E-state index is 0.438. The minimum atomic E-state index is 0.438. The third kappa shape index (κ3) is 6.74. The van der Waals surface area contributed by atoms with E-state index in [0.717, 1.165) is 35.2 Å². The van der Waals surface area contributed by atoms with Crippen LogP contribution in [0.3, 0.4) is 0 Å². The van der Waals surface area contributed by atoms with E-state index < -0.39 is 0 Å². The van der Waals surface area contributed by atoms with Gasteiger partial charge in [-0.3, -0.25) is 0 Å². The van der Waals surface area contributed by atoms with Gasteiger partial charge in [-0.05, 0) is 126 Å². The molecule has 12 aromatic rings. The van der Waals surface area contributed by atoms with Gasteiger partial charge in [0, 0.05) is 72.2 Å². The molecule has 0 spiro atoms. The molecule has 4 heterocycles. The largest absolute Gasteiger partial charge is 0.310 e. The minimum Gasteiger partial charge on any atom is -0.310 e. The molecule has 0 aliphatic heterocycles. The molecule has 6 heteroatoms. The second kappa shape index (κ2) is 16.4. The molecule has 0 bridgehead atoms. The van der Waals surface area contributed by atoms with Crippen LogP contribution < -0.4 is 0 Å². The van der Waals surface area contributed by atoms with E-state index in [1.807, 2.05) is 36.4 Å². The summed E-state index contributed by atoms with van der Waals surface area (Å²) in [4.78, 5) is 15.0. The van der Waals surface area contributed by atoms with Gasteiger partial charge in [0.05, 0.1) is 22.1 Å². The van der Waals surface area contributed by atoms with E-state index in [4.69, 9.17) is 15.0 Å². The highest BCUT2D eigenvalue weighted by Gasteiger charge is 2.26. The predicted molar refractivity (Wildman–Crippen MR) is 293 cm³/mol. The van der Waals surface area contributed by atoms with Crippen LogP contribution in [0.25, 0.3) is 118 Å². The van der Waals surface area contributed by atoms with Crippen molar-refractivity contribution in [3.05, 3.63) is 229 Å². The predicted octanol–water partition coefficient (Wildman–Crippen LogP) is 15.9. The molecule has 71 heavy (non-hydrogen) atoms. The summed E-state index contributed by atoms with van der Waals surface area (Å²) in [5, 5.41) is 5.11. The van der Waals surface area contributed by atoms with Crippen LogP contribution in [0.15, 0.2) is 206 Å². The van der Waals surface area contributed by atoms with Crippen molar-refractivity contribution < 1.29 is 0 Å². The molecule has 0 radical (unpaired) electrons. The van der Waals surface area contributed by atoms with Crippen molar-refractivity contribution in [1.82, 2.24) is 28.7 Å². The van der Waals surface area contributed by atoms with E-state index in [1.54, 1.807) is 0 Å². The first-order valence-corrected chi connectivity index (χ1v) is 24.8. The number of allylic oxidation sites excluding steroid dienone is 2. The number of nitrogens with zero attached hydrogens (tertiary/aromatic N) is 6. The second-order valence-corrected chi connectivity index (χ2v) is 19.4. The van der Waals surface area contributed by atoms with Crippen molar-refractivity contribution in [1.29, 1.82) is 0 Å². The molecular weight excluding hydrogens is 865 g/mol. The molecule has 4 aromatic heterocycles. The van der Waals surface area contributed by atoms with Gasteiger partial charge in [0.2, 0.25) is 0 Å². The van der Waals surface area contributed by atoms with Crippen LogP contribution in [0.5, 0.6) is 0 Å². The quantitative estimate of drug-likeness (QED) is 0.160. The van der Waals surface area contributed by atoms with Crippen molar-refractivity contribution in [3.63, 3.8) is 0 Å². The topological polar surface area (TPSA) is 53.5 Å². The molecule has 0 N–H and O–H groups in total. The summed E-state index contributed by atoms with van der Waals surface area (Å²) in [7, 11) is 0. The highest BCUT2D eigenvalue weighted by molar-refractivity contribution is 6.10. The van der Waals surface area contributed by atoms with E-state index in [0.29, 0.717) is 29.3 Å². The van der Waals surface area contributed by atoms with E-state index in [9.17, 15) is 0 Å². The van der Waals surface area contributed by atoms with Crippen molar-refractivity contribution in [2.75, 3.05) is 0 Å². The summed E-state index contributed by atoms with van der Waals surface area (Å²) in [5.41, 5.74) is 18.9. The van der Waals surface area contributed by atoms with Crippen molar-refractivity contribution in [3.8, 4) is 62.4 Å². The van der Waals surface area contributed by atoms with Crippen LogP contribution >= 0.6 is 0 Å². The van der Waals surface area contributed by atoms with E-state index in [-0.39, 0.29) is 0 Å². The van der Waals surface area contributed by atoms with Crippen LogP contribution in [-0.2, 0) is 12.8 Å². The van der Waals surface area contributed by atoms with Crippen molar-refractivity contribution in [2.45, 2.75) is 26.7 Å². The van der Waals surface area contributed by atoms with E-state index >= 15 is 0 Å². The molecule has 6 nitrogen and oxygen atoms in total.